The van der Waals surface area contributed by atoms with Crippen molar-refractivity contribution in [1.82, 2.24) is 0 Å². The largest absolute Gasteiger partial charge is 0.328 e. The molecule has 1 rings (SSSR count). The lowest BCUT2D eigenvalue weighted by Gasteiger charge is -2.24. The second kappa shape index (κ2) is 3.21. The number of hydrogen-bond donors (Lipinski definition) is 1. The monoisotopic (exact) mass is 126 g/mol. The van der Waals surface area contributed by atoms with Crippen LogP contribution in [0, 0.1) is 12.3 Å². The Balaban J connectivity index is 2.18. The Morgan fingerprint density at radius 2 is 1.78 bits per heavy atom. The average molecular weight is 126 g/mol. The van der Waals surface area contributed by atoms with E-state index in [0.29, 0.717) is 6.04 Å². The number of nitrogens with two attached hydrogens (primary N) is 1. The third kappa shape index (κ3) is 1.98. The predicted molar refractivity (Wildman–Crippen MR) is 39.9 cm³/mol. The van der Waals surface area contributed by atoms with Crippen LogP contribution in [0.15, 0.2) is 0 Å². The highest BCUT2D eigenvalue weighted by molar-refractivity contribution is 4.80. The Kier molecular flexibility index (Phi) is 2.52. The fraction of sp³-hybridized carbons (Fsp3) is 0.875. The highest BCUT2D eigenvalue weighted by Gasteiger charge is 2.16. The van der Waals surface area contributed by atoms with E-state index >= 15 is 0 Å². The average Bonchev–Trinajstić information content (AvgIpc) is 1.90. The molecule has 1 aliphatic carbocycles. The Hall–Kier alpha value is -0.0400. The molecule has 0 saturated heterocycles. The van der Waals surface area contributed by atoms with Crippen LogP contribution in [0.3, 0.4) is 0 Å². The van der Waals surface area contributed by atoms with Crippen LogP contribution >= 0.6 is 0 Å². The number of hydrogen-bond acceptors (Lipinski definition) is 1. The van der Waals surface area contributed by atoms with E-state index in [0.717, 1.165) is 5.92 Å². The molecule has 1 saturated carbocycles. The molecule has 0 heterocycles. The van der Waals surface area contributed by atoms with Gasteiger partial charge in [-0.3, -0.25) is 0 Å². The first-order valence-corrected chi connectivity index (χ1v) is 3.88. The second-order valence-electron chi connectivity index (χ2n) is 3.01. The van der Waals surface area contributed by atoms with Crippen molar-refractivity contribution in [3.05, 3.63) is 6.42 Å². The summed E-state index contributed by atoms with van der Waals surface area (Å²) in [5, 5.41) is 0. The maximum Gasteiger partial charge on any atom is 0.00390 e. The Bertz CT molecular complexity index is 72.6. The maximum atomic E-state index is 5.74. The summed E-state index contributed by atoms with van der Waals surface area (Å²) >= 11 is 0. The molecule has 53 valence electrons. The van der Waals surface area contributed by atoms with E-state index in [1.54, 1.807) is 0 Å². The molecule has 0 unspecified atom stereocenters. The summed E-state index contributed by atoms with van der Waals surface area (Å²) in [7, 11) is 0. The van der Waals surface area contributed by atoms with Crippen LogP contribution < -0.4 is 5.73 Å². The molecule has 0 amide bonds. The summed E-state index contributed by atoms with van der Waals surface area (Å²) in [4.78, 5) is 0. The summed E-state index contributed by atoms with van der Waals surface area (Å²) in [6.07, 6.45) is 7.41. The van der Waals surface area contributed by atoms with E-state index in [1.807, 2.05) is 0 Å². The zero-order chi connectivity index (χ0) is 6.69. The van der Waals surface area contributed by atoms with Gasteiger partial charge in [0.25, 0.3) is 0 Å². The van der Waals surface area contributed by atoms with Crippen LogP contribution in [-0.4, -0.2) is 6.04 Å². The normalized spacial score (nSPS) is 36.7. The SMILES string of the molecule is C[CH]C1CCC(N)CC1. The molecule has 1 radical (unpaired) electrons. The topological polar surface area (TPSA) is 26.0 Å². The van der Waals surface area contributed by atoms with Gasteiger partial charge in [0.1, 0.15) is 0 Å². The molecule has 2 N–H and O–H groups in total. The lowest BCUT2D eigenvalue weighted by molar-refractivity contribution is 0.359. The van der Waals surface area contributed by atoms with Crippen LogP contribution in [0.25, 0.3) is 0 Å². The third-order valence-electron chi connectivity index (χ3n) is 2.29. The molecule has 9 heavy (non-hydrogen) atoms. The third-order valence-corrected chi connectivity index (χ3v) is 2.29. The fourth-order valence-electron chi connectivity index (χ4n) is 1.48. The van der Waals surface area contributed by atoms with Crippen molar-refractivity contribution < 1.29 is 0 Å². The quantitative estimate of drug-likeness (QED) is 0.569. The molecule has 1 aliphatic rings. The molecule has 0 aromatic heterocycles. The van der Waals surface area contributed by atoms with E-state index in [2.05, 4.69) is 13.3 Å². The summed E-state index contributed by atoms with van der Waals surface area (Å²) in [6.45, 7) is 2.15. The van der Waals surface area contributed by atoms with Gasteiger partial charge in [0.2, 0.25) is 0 Å². The van der Waals surface area contributed by atoms with Crippen molar-refractivity contribution in [2.75, 3.05) is 0 Å². The van der Waals surface area contributed by atoms with E-state index < -0.39 is 0 Å². The van der Waals surface area contributed by atoms with Crippen molar-refractivity contribution >= 4 is 0 Å². The molecule has 1 fully saturated rings. The highest BCUT2D eigenvalue weighted by atomic mass is 14.6. The predicted octanol–water partition coefficient (Wildman–Crippen LogP) is 1.73. The van der Waals surface area contributed by atoms with Gasteiger partial charge in [-0.15, -0.1) is 0 Å². The molecule has 0 aliphatic heterocycles. The Morgan fingerprint density at radius 3 is 2.22 bits per heavy atom. The van der Waals surface area contributed by atoms with Crippen LogP contribution in [0.5, 0.6) is 0 Å². The first-order valence-electron chi connectivity index (χ1n) is 3.88. The molecule has 1 nitrogen and oxygen atoms in total. The molecular formula is C8H16N. The minimum Gasteiger partial charge on any atom is -0.328 e. The Morgan fingerprint density at radius 1 is 1.22 bits per heavy atom. The van der Waals surface area contributed by atoms with Crippen molar-refractivity contribution in [1.29, 1.82) is 0 Å². The molecule has 0 bridgehead atoms. The van der Waals surface area contributed by atoms with Gasteiger partial charge in [0.15, 0.2) is 0 Å². The Labute approximate surface area is 57.6 Å². The molecule has 1 heteroatoms. The summed E-state index contributed by atoms with van der Waals surface area (Å²) in [5.41, 5.74) is 5.74. The van der Waals surface area contributed by atoms with E-state index in [9.17, 15) is 0 Å². The highest BCUT2D eigenvalue weighted by Crippen LogP contribution is 2.24. The first kappa shape index (κ1) is 7.07. The summed E-state index contributed by atoms with van der Waals surface area (Å²) in [6, 6.07) is 0.501. The van der Waals surface area contributed by atoms with E-state index in [1.165, 1.54) is 25.7 Å². The zero-order valence-corrected chi connectivity index (χ0v) is 6.14. The molecule has 0 atom stereocenters. The van der Waals surface area contributed by atoms with Gasteiger partial charge in [0, 0.05) is 6.04 Å². The maximum absolute atomic E-state index is 5.74. The van der Waals surface area contributed by atoms with Gasteiger partial charge >= 0.3 is 0 Å². The molecule has 0 spiro atoms. The van der Waals surface area contributed by atoms with Gasteiger partial charge in [-0.1, -0.05) is 6.92 Å². The van der Waals surface area contributed by atoms with Crippen LogP contribution in [-0.2, 0) is 0 Å². The smallest absolute Gasteiger partial charge is 0.00390 e. The summed E-state index contributed by atoms with van der Waals surface area (Å²) in [5.74, 6) is 0.866. The minimum atomic E-state index is 0.501. The van der Waals surface area contributed by atoms with Crippen LogP contribution in [0.4, 0.5) is 0 Å². The van der Waals surface area contributed by atoms with Crippen molar-refractivity contribution in [2.45, 2.75) is 38.6 Å². The van der Waals surface area contributed by atoms with Crippen LogP contribution in [0.2, 0.25) is 0 Å². The zero-order valence-electron chi connectivity index (χ0n) is 6.14. The van der Waals surface area contributed by atoms with Crippen molar-refractivity contribution in [3.63, 3.8) is 0 Å². The van der Waals surface area contributed by atoms with Gasteiger partial charge in [-0.25, -0.2) is 0 Å². The van der Waals surface area contributed by atoms with Gasteiger partial charge in [0.05, 0.1) is 0 Å². The first-order chi connectivity index (χ1) is 4.33. The second-order valence-corrected chi connectivity index (χ2v) is 3.01. The number of rotatable bonds is 1. The van der Waals surface area contributed by atoms with Gasteiger partial charge in [-0.05, 0) is 38.0 Å². The van der Waals surface area contributed by atoms with Crippen molar-refractivity contribution in [3.8, 4) is 0 Å². The van der Waals surface area contributed by atoms with Crippen molar-refractivity contribution in [2.24, 2.45) is 11.7 Å². The van der Waals surface area contributed by atoms with E-state index in [-0.39, 0.29) is 0 Å². The van der Waals surface area contributed by atoms with Gasteiger partial charge in [-0.2, -0.15) is 0 Å². The standard InChI is InChI=1S/C8H16N/c1-2-7-3-5-8(9)6-4-7/h2,7-8H,3-6,9H2,1H3. The lowest BCUT2D eigenvalue weighted by Crippen LogP contribution is -2.26. The lowest BCUT2D eigenvalue weighted by atomic mass is 9.85. The molecular weight excluding hydrogens is 110 g/mol. The van der Waals surface area contributed by atoms with Crippen LogP contribution in [0.1, 0.15) is 32.6 Å². The molecule has 0 aromatic carbocycles. The summed E-state index contributed by atoms with van der Waals surface area (Å²) < 4.78 is 0. The van der Waals surface area contributed by atoms with Gasteiger partial charge < -0.3 is 5.73 Å². The fourth-order valence-corrected chi connectivity index (χ4v) is 1.48. The minimum absolute atomic E-state index is 0.501. The molecule has 0 aromatic rings. The van der Waals surface area contributed by atoms with E-state index in [4.69, 9.17) is 5.73 Å².